The Balaban J connectivity index is 1.72. The first-order valence-corrected chi connectivity index (χ1v) is 15.3. The van der Waals surface area contributed by atoms with Gasteiger partial charge >= 0.3 is 6.18 Å². The van der Waals surface area contributed by atoms with Crippen LogP contribution in [0.1, 0.15) is 16.7 Å². The van der Waals surface area contributed by atoms with E-state index in [1.165, 1.54) is 15.6 Å². The molecule has 0 aliphatic carbocycles. The summed E-state index contributed by atoms with van der Waals surface area (Å²) in [6.45, 7) is 6.26. The Hall–Kier alpha value is -3.70. The molecular formula is C33H31F3NSi+. The zero-order chi connectivity index (χ0) is 27.1. The fourth-order valence-corrected chi connectivity index (χ4v) is 9.15. The molecule has 0 amide bonds. The summed E-state index contributed by atoms with van der Waals surface area (Å²) in [7, 11) is -0.334. The molecule has 1 nitrogen and oxygen atoms in total. The second kappa shape index (κ2) is 9.88. The van der Waals surface area contributed by atoms with Crippen molar-refractivity contribution in [3.63, 3.8) is 0 Å². The number of hydrogen-bond acceptors (Lipinski definition) is 0. The Labute approximate surface area is 223 Å². The molecule has 5 heteroatoms. The van der Waals surface area contributed by atoms with E-state index < -0.39 is 20.7 Å². The van der Waals surface area contributed by atoms with Gasteiger partial charge in [-0.25, -0.2) is 4.57 Å². The molecule has 192 valence electrons. The predicted octanol–water partition coefficient (Wildman–Crippen LogP) is 6.15. The van der Waals surface area contributed by atoms with Crippen molar-refractivity contribution in [1.82, 2.24) is 0 Å². The van der Waals surface area contributed by atoms with Gasteiger partial charge in [-0.3, -0.25) is 0 Å². The molecule has 1 aromatic heterocycles. The van der Waals surface area contributed by atoms with Gasteiger partial charge < -0.3 is 0 Å². The van der Waals surface area contributed by atoms with Gasteiger partial charge in [0.2, 0.25) is 5.69 Å². The van der Waals surface area contributed by atoms with Gasteiger partial charge in [0, 0.05) is 6.07 Å². The smallest absolute Gasteiger partial charge is 0.200 e. The monoisotopic (exact) mass is 526 g/mol. The number of aromatic nitrogens is 1. The second-order valence-corrected chi connectivity index (χ2v) is 14.3. The summed E-state index contributed by atoms with van der Waals surface area (Å²) in [6.07, 6.45) is -3.17. The van der Waals surface area contributed by atoms with Crippen LogP contribution in [0.3, 0.4) is 0 Å². The van der Waals surface area contributed by atoms with Crippen LogP contribution in [-0.4, -0.2) is 14.3 Å². The standard InChI is InChI=1S/C33H31F3NSi/c1-23-19-25(22-33(34,35)36)20-31(24(23)2)32-30-16-15-29(21-26(30)17-18-37(32)3)38(4,27-11-7-5-8-12-27)28-13-9-6-10-14-28/h5-21H,22H2,1-4H3/q+1. The van der Waals surface area contributed by atoms with Gasteiger partial charge in [0.05, 0.1) is 17.4 Å². The molecule has 38 heavy (non-hydrogen) atoms. The van der Waals surface area contributed by atoms with Crippen LogP contribution in [-0.2, 0) is 13.5 Å². The zero-order valence-electron chi connectivity index (χ0n) is 22.1. The molecule has 4 aromatic carbocycles. The van der Waals surface area contributed by atoms with Crippen molar-refractivity contribution in [3.05, 3.63) is 120 Å². The SMILES string of the molecule is Cc1cc(CC(F)(F)F)cc(-c2c3ccc([Si](C)(c4ccccc4)c4ccccc4)cc3cc[n+]2C)c1C. The zero-order valence-corrected chi connectivity index (χ0v) is 23.1. The summed E-state index contributed by atoms with van der Waals surface area (Å²) < 4.78 is 41.8. The third kappa shape index (κ3) is 4.79. The highest BCUT2D eigenvalue weighted by Gasteiger charge is 2.34. The molecule has 5 aromatic rings. The van der Waals surface area contributed by atoms with E-state index in [2.05, 4.69) is 79.3 Å². The first kappa shape index (κ1) is 25.9. The number of fused-ring (bicyclic) bond motifs is 1. The summed E-state index contributed by atoms with van der Waals surface area (Å²) >= 11 is 0. The third-order valence-electron chi connectivity index (χ3n) is 7.80. The molecule has 0 fully saturated rings. The highest BCUT2D eigenvalue weighted by molar-refractivity contribution is 7.10. The van der Waals surface area contributed by atoms with Crippen LogP contribution in [0.2, 0.25) is 6.55 Å². The average Bonchev–Trinajstić information content (AvgIpc) is 2.90. The number of benzene rings is 4. The van der Waals surface area contributed by atoms with E-state index in [9.17, 15) is 13.2 Å². The lowest BCUT2D eigenvalue weighted by molar-refractivity contribution is -0.659. The van der Waals surface area contributed by atoms with Gasteiger partial charge in [0.25, 0.3) is 0 Å². The molecule has 1 heterocycles. The van der Waals surface area contributed by atoms with E-state index >= 15 is 0 Å². The van der Waals surface area contributed by atoms with Crippen LogP contribution in [0.15, 0.2) is 103 Å². The molecular weight excluding hydrogens is 495 g/mol. The van der Waals surface area contributed by atoms with Crippen LogP contribution in [0.25, 0.3) is 22.0 Å². The first-order valence-electron chi connectivity index (χ1n) is 12.8. The maximum absolute atomic E-state index is 13.3. The van der Waals surface area contributed by atoms with Gasteiger partial charge in [0.1, 0.15) is 15.1 Å². The largest absolute Gasteiger partial charge is 0.393 e. The number of halogens is 3. The molecule has 0 saturated carbocycles. The number of pyridine rings is 1. The minimum atomic E-state index is -4.25. The van der Waals surface area contributed by atoms with E-state index in [0.717, 1.165) is 33.2 Å². The van der Waals surface area contributed by atoms with Crippen molar-refractivity contribution in [2.45, 2.75) is 33.0 Å². The molecule has 0 atom stereocenters. The van der Waals surface area contributed by atoms with Crippen LogP contribution < -0.4 is 20.1 Å². The maximum Gasteiger partial charge on any atom is 0.393 e. The number of hydrogen-bond donors (Lipinski definition) is 0. The van der Waals surface area contributed by atoms with Crippen LogP contribution in [0.4, 0.5) is 13.2 Å². The van der Waals surface area contributed by atoms with Gasteiger partial charge in [-0.2, -0.15) is 13.2 Å². The van der Waals surface area contributed by atoms with E-state index in [1.807, 2.05) is 43.8 Å². The van der Waals surface area contributed by atoms with Crippen molar-refractivity contribution in [1.29, 1.82) is 0 Å². The fourth-order valence-electron chi connectivity index (χ4n) is 5.58. The minimum absolute atomic E-state index is 0.289. The topological polar surface area (TPSA) is 3.88 Å². The molecule has 5 rings (SSSR count). The van der Waals surface area contributed by atoms with Gasteiger partial charge in [-0.1, -0.05) is 85.4 Å². The lowest BCUT2D eigenvalue weighted by Gasteiger charge is -2.29. The van der Waals surface area contributed by atoms with Crippen LogP contribution >= 0.6 is 0 Å². The van der Waals surface area contributed by atoms with Crippen molar-refractivity contribution in [3.8, 4) is 11.3 Å². The molecule has 0 saturated heterocycles. The number of nitrogens with zero attached hydrogens (tertiary/aromatic N) is 1. The van der Waals surface area contributed by atoms with Gasteiger partial charge in [-0.15, -0.1) is 0 Å². The van der Waals surface area contributed by atoms with Crippen LogP contribution in [0.5, 0.6) is 0 Å². The molecule has 0 N–H and O–H groups in total. The Bertz CT molecular complexity index is 1570. The van der Waals surface area contributed by atoms with Crippen molar-refractivity contribution in [2.75, 3.05) is 0 Å². The van der Waals surface area contributed by atoms with E-state index in [1.54, 1.807) is 12.1 Å². The van der Waals surface area contributed by atoms with Gasteiger partial charge in [-0.05, 0) is 63.6 Å². The number of rotatable bonds is 5. The molecule has 0 aliphatic rings. The molecule has 0 aliphatic heterocycles. The Morgan fingerprint density at radius 2 is 1.34 bits per heavy atom. The van der Waals surface area contributed by atoms with Crippen LogP contribution in [0, 0.1) is 13.8 Å². The van der Waals surface area contributed by atoms with E-state index in [0.29, 0.717) is 0 Å². The summed E-state index contributed by atoms with van der Waals surface area (Å²) in [4.78, 5) is 0. The predicted molar refractivity (Wildman–Crippen MR) is 153 cm³/mol. The number of aryl methyl sites for hydroxylation is 2. The summed E-state index contributed by atoms with van der Waals surface area (Å²) in [6, 6.07) is 33.5. The third-order valence-corrected chi connectivity index (χ3v) is 12.2. The van der Waals surface area contributed by atoms with Crippen molar-refractivity contribution < 1.29 is 17.7 Å². The summed E-state index contributed by atoms with van der Waals surface area (Å²) in [5, 5.41) is 6.07. The Kier molecular flexibility index (Phi) is 6.74. The van der Waals surface area contributed by atoms with E-state index in [-0.39, 0.29) is 5.56 Å². The minimum Gasteiger partial charge on any atom is -0.200 e. The molecule has 0 spiro atoms. The lowest BCUT2D eigenvalue weighted by atomic mass is 9.93. The summed E-state index contributed by atoms with van der Waals surface area (Å²) in [5.74, 6) is 0. The van der Waals surface area contributed by atoms with Crippen molar-refractivity contribution >= 4 is 34.4 Å². The highest BCUT2D eigenvalue weighted by atomic mass is 28.3. The maximum atomic E-state index is 13.3. The number of alkyl halides is 3. The quantitative estimate of drug-likeness (QED) is 0.147. The van der Waals surface area contributed by atoms with Crippen molar-refractivity contribution in [2.24, 2.45) is 7.05 Å². The summed E-state index contributed by atoms with van der Waals surface area (Å²) in [5.41, 5.74) is 3.93. The Morgan fingerprint density at radius 3 is 1.92 bits per heavy atom. The molecule has 0 radical (unpaired) electrons. The van der Waals surface area contributed by atoms with Gasteiger partial charge in [0.15, 0.2) is 6.20 Å². The first-order chi connectivity index (χ1) is 18.1. The fraction of sp³-hybridized carbons (Fsp3) is 0.182. The normalized spacial score (nSPS) is 12.2. The average molecular weight is 527 g/mol. The molecule has 0 bridgehead atoms. The second-order valence-electron chi connectivity index (χ2n) is 10.3. The lowest BCUT2D eigenvalue weighted by Crippen LogP contribution is -2.64. The highest BCUT2D eigenvalue weighted by Crippen LogP contribution is 2.32. The Morgan fingerprint density at radius 1 is 0.737 bits per heavy atom. The molecule has 0 unspecified atom stereocenters. The van der Waals surface area contributed by atoms with E-state index in [4.69, 9.17) is 0 Å².